The summed E-state index contributed by atoms with van der Waals surface area (Å²) in [4.78, 5) is 14.2. The lowest BCUT2D eigenvalue weighted by atomic mass is 9.64. The first-order valence-electron chi connectivity index (χ1n) is 8.48. The fourth-order valence-electron chi connectivity index (χ4n) is 3.76. The molecule has 1 saturated carbocycles. The van der Waals surface area contributed by atoms with Crippen LogP contribution in [-0.2, 0) is 5.41 Å². The average molecular weight is 337 g/mol. The molecule has 2 unspecified atom stereocenters. The smallest absolute Gasteiger partial charge is 0.317 e. The Labute approximate surface area is 142 Å². The van der Waals surface area contributed by atoms with Crippen LogP contribution < -0.4 is 5.32 Å². The molecule has 3 rings (SSSR count). The van der Waals surface area contributed by atoms with Crippen molar-refractivity contribution in [2.24, 2.45) is 5.92 Å². The van der Waals surface area contributed by atoms with E-state index < -0.39 is 0 Å². The second kappa shape index (κ2) is 6.70. The Morgan fingerprint density at radius 3 is 2.78 bits per heavy atom. The zero-order valence-electron chi connectivity index (χ0n) is 13.6. The summed E-state index contributed by atoms with van der Waals surface area (Å²) in [5, 5.41) is 13.6. The molecule has 1 heterocycles. The Bertz CT molecular complexity index is 572. The van der Waals surface area contributed by atoms with Crippen LogP contribution in [0, 0.1) is 5.92 Å². The second-order valence-electron chi connectivity index (χ2n) is 7.01. The summed E-state index contributed by atoms with van der Waals surface area (Å²) in [5.74, 6) is 0.196. The molecule has 0 radical (unpaired) electrons. The number of amides is 2. The highest BCUT2D eigenvalue weighted by Crippen LogP contribution is 2.45. The van der Waals surface area contributed by atoms with Gasteiger partial charge in [0.05, 0.1) is 6.10 Å². The molecule has 2 N–H and O–H groups in total. The molecule has 0 bridgehead atoms. The van der Waals surface area contributed by atoms with E-state index in [4.69, 9.17) is 11.6 Å². The maximum Gasteiger partial charge on any atom is 0.317 e. The molecule has 1 aromatic rings. The van der Waals surface area contributed by atoms with Crippen LogP contribution in [0.2, 0.25) is 5.02 Å². The van der Waals surface area contributed by atoms with Gasteiger partial charge in [-0.15, -0.1) is 0 Å². The second-order valence-corrected chi connectivity index (χ2v) is 7.42. The Morgan fingerprint density at radius 2 is 2.22 bits per heavy atom. The fraction of sp³-hybridized carbons (Fsp3) is 0.611. The van der Waals surface area contributed by atoms with Crippen molar-refractivity contribution in [2.75, 3.05) is 19.6 Å². The van der Waals surface area contributed by atoms with E-state index >= 15 is 0 Å². The topological polar surface area (TPSA) is 52.6 Å². The van der Waals surface area contributed by atoms with Gasteiger partial charge in [-0.1, -0.05) is 36.2 Å². The van der Waals surface area contributed by atoms with E-state index in [9.17, 15) is 9.90 Å². The van der Waals surface area contributed by atoms with Gasteiger partial charge in [-0.25, -0.2) is 4.79 Å². The Balaban J connectivity index is 1.61. The lowest BCUT2D eigenvalue weighted by molar-refractivity contribution is 0.128. The maximum atomic E-state index is 12.4. The number of aliphatic hydroxyl groups is 1. The number of halogens is 1. The number of urea groups is 1. The lowest BCUT2D eigenvalue weighted by Gasteiger charge is -2.43. The summed E-state index contributed by atoms with van der Waals surface area (Å²) in [7, 11) is 0. The van der Waals surface area contributed by atoms with Gasteiger partial charge in [-0.2, -0.15) is 0 Å². The van der Waals surface area contributed by atoms with Gasteiger partial charge in [0.1, 0.15) is 0 Å². The van der Waals surface area contributed by atoms with Crippen LogP contribution in [0.5, 0.6) is 0 Å². The maximum absolute atomic E-state index is 12.4. The quantitative estimate of drug-likeness (QED) is 0.887. The predicted octanol–water partition coefficient (Wildman–Crippen LogP) is 3.17. The van der Waals surface area contributed by atoms with E-state index in [0.717, 1.165) is 36.4 Å². The summed E-state index contributed by atoms with van der Waals surface area (Å²) in [6, 6.07) is 7.93. The van der Waals surface area contributed by atoms with Crippen molar-refractivity contribution in [1.29, 1.82) is 0 Å². The highest BCUT2D eigenvalue weighted by molar-refractivity contribution is 6.31. The molecule has 0 aromatic heterocycles. The van der Waals surface area contributed by atoms with Crippen LogP contribution in [0.15, 0.2) is 24.3 Å². The van der Waals surface area contributed by atoms with Gasteiger partial charge in [-0.3, -0.25) is 0 Å². The number of hydrogen-bond donors (Lipinski definition) is 2. The Kier molecular flexibility index (Phi) is 4.83. The lowest BCUT2D eigenvalue weighted by Crippen LogP contribution is -2.49. The molecule has 1 aromatic carbocycles. The van der Waals surface area contributed by atoms with Crippen LogP contribution in [0.3, 0.4) is 0 Å². The molecule has 1 aliphatic carbocycles. The van der Waals surface area contributed by atoms with Gasteiger partial charge < -0.3 is 15.3 Å². The molecule has 0 spiro atoms. The number of likely N-dealkylation sites (tertiary alicyclic amines) is 1. The van der Waals surface area contributed by atoms with Crippen molar-refractivity contribution in [2.45, 2.75) is 44.1 Å². The molecule has 126 valence electrons. The van der Waals surface area contributed by atoms with Crippen LogP contribution in [0.4, 0.5) is 4.79 Å². The summed E-state index contributed by atoms with van der Waals surface area (Å²) in [5.41, 5.74) is 1.13. The zero-order valence-corrected chi connectivity index (χ0v) is 14.4. The van der Waals surface area contributed by atoms with Crippen molar-refractivity contribution >= 4 is 17.6 Å². The standard InChI is InChI=1S/C18H25ClN2O2/c1-13(22)14-7-10-21(11-14)17(23)20-12-18(8-4-9-18)15-5-2-3-6-16(15)19/h2-3,5-6,13-14,22H,4,7-12H2,1H3,(H,20,23). The van der Waals surface area contributed by atoms with Gasteiger partial charge in [0, 0.05) is 36.0 Å². The summed E-state index contributed by atoms with van der Waals surface area (Å²) < 4.78 is 0. The van der Waals surface area contributed by atoms with Crippen LogP contribution in [0.1, 0.15) is 38.2 Å². The van der Waals surface area contributed by atoms with Crippen LogP contribution in [0.25, 0.3) is 0 Å². The average Bonchev–Trinajstić information content (AvgIpc) is 2.97. The number of carbonyl (C=O) groups is 1. The molecule has 2 fully saturated rings. The molecule has 1 aliphatic heterocycles. The third kappa shape index (κ3) is 3.33. The first-order valence-corrected chi connectivity index (χ1v) is 8.85. The van der Waals surface area contributed by atoms with Crippen molar-refractivity contribution in [3.8, 4) is 0 Å². The van der Waals surface area contributed by atoms with Gasteiger partial charge in [-0.05, 0) is 37.8 Å². The molecule has 4 nitrogen and oxygen atoms in total. The number of hydrogen-bond acceptors (Lipinski definition) is 2. The van der Waals surface area contributed by atoms with Crippen molar-refractivity contribution < 1.29 is 9.90 Å². The highest BCUT2D eigenvalue weighted by atomic mass is 35.5. The predicted molar refractivity (Wildman–Crippen MR) is 91.7 cm³/mol. The fourth-order valence-corrected chi connectivity index (χ4v) is 4.09. The third-order valence-corrected chi connectivity index (χ3v) is 5.86. The van der Waals surface area contributed by atoms with Crippen LogP contribution in [-0.4, -0.2) is 41.8 Å². The minimum absolute atomic E-state index is 0.0165. The van der Waals surface area contributed by atoms with E-state index in [1.165, 1.54) is 6.42 Å². The number of nitrogens with zero attached hydrogens (tertiary/aromatic N) is 1. The van der Waals surface area contributed by atoms with E-state index in [1.807, 2.05) is 23.1 Å². The summed E-state index contributed by atoms with van der Waals surface area (Å²) in [6.07, 6.45) is 3.82. The Morgan fingerprint density at radius 1 is 1.48 bits per heavy atom. The van der Waals surface area contributed by atoms with Gasteiger partial charge in [0.25, 0.3) is 0 Å². The minimum atomic E-state index is -0.353. The van der Waals surface area contributed by atoms with Gasteiger partial charge >= 0.3 is 6.03 Å². The van der Waals surface area contributed by atoms with Gasteiger partial charge in [0.15, 0.2) is 0 Å². The largest absolute Gasteiger partial charge is 0.393 e. The molecule has 23 heavy (non-hydrogen) atoms. The molecule has 5 heteroatoms. The normalized spacial score (nSPS) is 24.1. The van der Waals surface area contributed by atoms with Crippen molar-refractivity contribution in [3.05, 3.63) is 34.9 Å². The number of rotatable bonds is 4. The molecule has 1 saturated heterocycles. The van der Waals surface area contributed by atoms with Gasteiger partial charge in [0.2, 0.25) is 0 Å². The first-order chi connectivity index (χ1) is 11.0. The van der Waals surface area contributed by atoms with E-state index in [2.05, 4.69) is 11.4 Å². The molecular weight excluding hydrogens is 312 g/mol. The summed E-state index contributed by atoms with van der Waals surface area (Å²) >= 11 is 6.37. The highest BCUT2D eigenvalue weighted by Gasteiger charge is 2.40. The molecule has 2 atom stereocenters. The SMILES string of the molecule is CC(O)C1CCN(C(=O)NCC2(c3ccccc3Cl)CCC2)C1. The number of aliphatic hydroxyl groups excluding tert-OH is 1. The van der Waals surface area contributed by atoms with Crippen LogP contribution >= 0.6 is 11.6 Å². The molecule has 2 amide bonds. The number of nitrogens with one attached hydrogen (secondary N) is 1. The minimum Gasteiger partial charge on any atom is -0.393 e. The summed E-state index contributed by atoms with van der Waals surface area (Å²) in [6.45, 7) is 3.79. The Hall–Kier alpha value is -1.26. The van der Waals surface area contributed by atoms with E-state index in [-0.39, 0.29) is 23.5 Å². The molecule has 2 aliphatic rings. The first kappa shape index (κ1) is 16.6. The van der Waals surface area contributed by atoms with E-state index in [1.54, 1.807) is 6.92 Å². The molecular formula is C18H25ClN2O2. The third-order valence-electron chi connectivity index (χ3n) is 5.53. The number of carbonyl (C=O) groups excluding carboxylic acids is 1. The zero-order chi connectivity index (χ0) is 16.4. The van der Waals surface area contributed by atoms with Crippen molar-refractivity contribution in [3.63, 3.8) is 0 Å². The monoisotopic (exact) mass is 336 g/mol. The van der Waals surface area contributed by atoms with E-state index in [0.29, 0.717) is 13.1 Å². The number of benzene rings is 1. The van der Waals surface area contributed by atoms with Crippen molar-refractivity contribution in [1.82, 2.24) is 10.2 Å².